The van der Waals surface area contributed by atoms with Crippen molar-refractivity contribution in [1.29, 1.82) is 0 Å². The molecule has 0 bridgehead atoms. The van der Waals surface area contributed by atoms with Crippen LogP contribution >= 0.6 is 14.0 Å². The zero-order valence-corrected chi connectivity index (χ0v) is 21.0. The maximum Gasteiger partial charge on any atom is 0.534 e. The SMILES string of the molecule is CC(C)[P+]1(C(C)C)B(c2ccccc2)[P+](C(C)C)(C(C)C)B1C(C)(C)C. The van der Waals surface area contributed by atoms with Gasteiger partial charge in [-0.1, -0.05) is 51.1 Å². The summed E-state index contributed by atoms with van der Waals surface area (Å²) in [6.45, 7) is 28.1. The molecule has 0 aliphatic carbocycles. The highest BCUT2D eigenvalue weighted by Gasteiger charge is 2.96. The maximum atomic E-state index is 2.55. The minimum absolute atomic E-state index is 0.399. The molecule has 1 heterocycles. The molecule has 0 aromatic heterocycles. The summed E-state index contributed by atoms with van der Waals surface area (Å²) in [5.74, 6) is 0. The van der Waals surface area contributed by atoms with E-state index in [4.69, 9.17) is 0 Å². The van der Waals surface area contributed by atoms with Crippen LogP contribution < -0.4 is 5.46 Å². The molecule has 1 aromatic rings. The molecule has 0 N–H and O–H groups in total. The lowest BCUT2D eigenvalue weighted by Gasteiger charge is -2.61. The third-order valence-corrected chi connectivity index (χ3v) is 24.6. The molecule has 1 saturated heterocycles. The van der Waals surface area contributed by atoms with Crippen molar-refractivity contribution in [2.24, 2.45) is 0 Å². The summed E-state index contributed by atoms with van der Waals surface area (Å²) in [5, 5.41) is 0.399. The monoisotopic (exact) mass is 390 g/mol. The minimum Gasteiger partial charge on any atom is -0.0625 e. The summed E-state index contributed by atoms with van der Waals surface area (Å²) in [6.07, 6.45) is 1.79. The molecule has 0 spiro atoms. The summed E-state index contributed by atoms with van der Waals surface area (Å²) in [4.78, 5) is 0. The van der Waals surface area contributed by atoms with Crippen LogP contribution in [0.1, 0.15) is 76.2 Å². The van der Waals surface area contributed by atoms with Crippen LogP contribution in [-0.4, -0.2) is 34.9 Å². The molecule has 2 rings (SSSR count). The van der Waals surface area contributed by atoms with Gasteiger partial charge in [0.05, 0.1) is 0 Å². The van der Waals surface area contributed by atoms with E-state index in [0.717, 1.165) is 34.9 Å². The molecule has 0 amide bonds. The Morgan fingerprint density at radius 2 is 1.00 bits per heavy atom. The highest BCUT2D eigenvalue weighted by molar-refractivity contribution is 8.72. The normalized spacial score (nSPS) is 19.7. The first kappa shape index (κ1) is 22.5. The van der Waals surface area contributed by atoms with E-state index in [1.54, 1.807) is 5.46 Å². The Labute approximate surface area is 166 Å². The van der Waals surface area contributed by atoms with Gasteiger partial charge in [0, 0.05) is 47.5 Å². The fourth-order valence-electron chi connectivity index (χ4n) is 6.83. The van der Waals surface area contributed by atoms with Gasteiger partial charge in [-0.3, -0.25) is 0 Å². The Morgan fingerprint density at radius 1 is 0.654 bits per heavy atom. The van der Waals surface area contributed by atoms with Crippen molar-refractivity contribution >= 4 is 31.8 Å². The molecule has 0 unspecified atom stereocenters. The first-order valence-corrected chi connectivity index (χ1v) is 14.8. The van der Waals surface area contributed by atoms with E-state index < -0.39 is 14.0 Å². The highest BCUT2D eigenvalue weighted by atomic mass is 31.3. The fraction of sp³-hybridized carbons (Fsp3) is 0.727. The van der Waals surface area contributed by atoms with Crippen molar-refractivity contribution in [3.05, 3.63) is 30.3 Å². The summed E-state index contributed by atoms with van der Waals surface area (Å²) < 4.78 is 0. The molecule has 0 radical (unpaired) electrons. The van der Waals surface area contributed by atoms with Crippen LogP contribution in [0.3, 0.4) is 0 Å². The second kappa shape index (κ2) is 7.56. The van der Waals surface area contributed by atoms with Gasteiger partial charge >= 0.3 is 12.3 Å². The van der Waals surface area contributed by atoms with Gasteiger partial charge in [0.25, 0.3) is 0 Å². The largest absolute Gasteiger partial charge is 0.534 e. The predicted octanol–water partition coefficient (Wildman–Crippen LogP) is 7.35. The lowest BCUT2D eigenvalue weighted by atomic mass is 9.70. The summed E-state index contributed by atoms with van der Waals surface area (Å²) >= 11 is 0. The smallest absolute Gasteiger partial charge is 0.0625 e. The zero-order valence-electron chi connectivity index (χ0n) is 19.2. The van der Waals surface area contributed by atoms with Gasteiger partial charge in [-0.15, -0.1) is 0 Å². The van der Waals surface area contributed by atoms with Gasteiger partial charge in [-0.25, -0.2) is 0 Å². The number of hydrogen-bond acceptors (Lipinski definition) is 0. The second-order valence-corrected chi connectivity index (χ2v) is 21.3. The summed E-state index contributed by atoms with van der Waals surface area (Å²) in [5.41, 5.74) is 4.90. The van der Waals surface area contributed by atoms with E-state index in [1.807, 2.05) is 0 Å². The molecule has 144 valence electrons. The molecule has 0 atom stereocenters. The Balaban J connectivity index is 2.88. The summed E-state index contributed by atoms with van der Waals surface area (Å²) in [7, 11) is -2.31. The molecule has 26 heavy (non-hydrogen) atoms. The van der Waals surface area contributed by atoms with E-state index >= 15 is 0 Å². The third kappa shape index (κ3) is 2.98. The number of benzene rings is 1. The highest BCUT2D eigenvalue weighted by Crippen LogP contribution is 3.02. The Hall–Kier alpha value is 0.210. The molecule has 1 aliphatic rings. The molecular formula is C22H42B2P2+2. The van der Waals surface area contributed by atoms with Crippen LogP contribution in [0, 0.1) is 0 Å². The Bertz CT molecular complexity index is 558. The molecule has 0 nitrogen and oxygen atoms in total. The first-order valence-electron chi connectivity index (χ1n) is 10.7. The van der Waals surface area contributed by atoms with Gasteiger partial charge in [0.2, 0.25) is 0 Å². The van der Waals surface area contributed by atoms with Crippen molar-refractivity contribution < 1.29 is 0 Å². The minimum atomic E-state index is -1.16. The van der Waals surface area contributed by atoms with Gasteiger partial charge in [-0.05, 0) is 55.4 Å². The van der Waals surface area contributed by atoms with Crippen LogP contribution in [0.25, 0.3) is 0 Å². The second-order valence-electron chi connectivity index (χ2n) is 10.7. The molecular weight excluding hydrogens is 348 g/mol. The number of rotatable bonds is 5. The molecule has 1 aliphatic heterocycles. The first-order chi connectivity index (χ1) is 11.9. The van der Waals surface area contributed by atoms with Crippen molar-refractivity contribution in [3.8, 4) is 0 Å². The van der Waals surface area contributed by atoms with Gasteiger partial charge in [-0.2, -0.15) is 0 Å². The predicted molar refractivity (Wildman–Crippen MR) is 132 cm³/mol. The lowest BCUT2D eigenvalue weighted by molar-refractivity contribution is 0.754. The van der Waals surface area contributed by atoms with Crippen molar-refractivity contribution in [1.82, 2.24) is 0 Å². The molecule has 4 heteroatoms. The van der Waals surface area contributed by atoms with Crippen molar-refractivity contribution in [2.45, 2.75) is 104 Å². The van der Waals surface area contributed by atoms with E-state index in [9.17, 15) is 0 Å². The lowest BCUT2D eigenvalue weighted by Crippen LogP contribution is -2.66. The Kier molecular flexibility index (Phi) is 6.54. The molecule has 1 fully saturated rings. The van der Waals surface area contributed by atoms with Crippen LogP contribution in [0.15, 0.2) is 30.3 Å². The fourth-order valence-corrected chi connectivity index (χ4v) is 30.9. The average molecular weight is 390 g/mol. The van der Waals surface area contributed by atoms with E-state index in [-0.39, 0.29) is 0 Å². The van der Waals surface area contributed by atoms with Crippen LogP contribution in [0.5, 0.6) is 0 Å². The van der Waals surface area contributed by atoms with Gasteiger partial charge < -0.3 is 0 Å². The topological polar surface area (TPSA) is 0 Å². The summed E-state index contributed by atoms with van der Waals surface area (Å²) in [6, 6.07) is 11.7. The van der Waals surface area contributed by atoms with Gasteiger partial charge in [0.15, 0.2) is 0 Å². The third-order valence-electron chi connectivity index (χ3n) is 7.14. The van der Waals surface area contributed by atoms with E-state index in [0.29, 0.717) is 5.31 Å². The van der Waals surface area contributed by atoms with Crippen LogP contribution in [0.4, 0.5) is 0 Å². The van der Waals surface area contributed by atoms with E-state index in [1.165, 1.54) is 0 Å². The van der Waals surface area contributed by atoms with E-state index in [2.05, 4.69) is 106 Å². The zero-order chi connectivity index (χ0) is 20.1. The van der Waals surface area contributed by atoms with Crippen molar-refractivity contribution in [2.75, 3.05) is 0 Å². The Morgan fingerprint density at radius 3 is 1.27 bits per heavy atom. The maximum absolute atomic E-state index is 2.55. The average Bonchev–Trinajstić information content (AvgIpc) is 2.44. The van der Waals surface area contributed by atoms with Crippen LogP contribution in [-0.2, 0) is 0 Å². The molecule has 1 aromatic carbocycles. The standard InChI is InChI=1S/C22H42B2P2/c1-17(2)25(18(3)4)23(21-15-13-12-14-16-21)26(19(5)6,20(7)8)24(25)22(9,10)11/h12-20H,1-11H3/q+2. The van der Waals surface area contributed by atoms with Crippen LogP contribution in [0.2, 0.25) is 5.31 Å². The van der Waals surface area contributed by atoms with Gasteiger partial charge in [0.1, 0.15) is 0 Å². The number of hydrogen-bond donors (Lipinski definition) is 0. The van der Waals surface area contributed by atoms with Crippen molar-refractivity contribution in [3.63, 3.8) is 0 Å². The molecule has 0 saturated carbocycles. The quantitative estimate of drug-likeness (QED) is 0.364.